The summed E-state index contributed by atoms with van der Waals surface area (Å²) in [7, 11) is 0. The third-order valence-corrected chi connectivity index (χ3v) is 1.82. The Kier molecular flexibility index (Phi) is 4.49. The number of hydrogen-bond acceptors (Lipinski definition) is 3. The number of nitrogens with zero attached hydrogens (tertiary/aromatic N) is 1. The number of amides is 1. The summed E-state index contributed by atoms with van der Waals surface area (Å²) < 4.78 is 0. The largest absolute Gasteiger partial charge is 0.384 e. The van der Waals surface area contributed by atoms with Crippen molar-refractivity contribution in [2.45, 2.75) is 13.8 Å². The average molecular weight is 218 g/mol. The van der Waals surface area contributed by atoms with Crippen LogP contribution in [-0.4, -0.2) is 22.6 Å². The summed E-state index contributed by atoms with van der Waals surface area (Å²) in [6.07, 6.45) is 0. The minimum absolute atomic E-state index is 0.0835. The van der Waals surface area contributed by atoms with Gasteiger partial charge in [0, 0.05) is 5.92 Å². The fourth-order valence-electron chi connectivity index (χ4n) is 0.975. The number of aliphatic hydroxyl groups is 1. The van der Waals surface area contributed by atoms with E-state index in [0.29, 0.717) is 11.5 Å². The Hall–Kier alpha value is -1.86. The van der Waals surface area contributed by atoms with Crippen molar-refractivity contribution in [1.82, 2.24) is 4.98 Å². The van der Waals surface area contributed by atoms with Crippen molar-refractivity contribution in [3.63, 3.8) is 0 Å². The van der Waals surface area contributed by atoms with Gasteiger partial charge in [-0.05, 0) is 18.1 Å². The molecular formula is C12H14N2O2. The van der Waals surface area contributed by atoms with Crippen LogP contribution in [0, 0.1) is 17.8 Å². The van der Waals surface area contributed by atoms with Crippen molar-refractivity contribution < 1.29 is 9.90 Å². The fraction of sp³-hybridized carbons (Fsp3) is 0.333. The lowest BCUT2D eigenvalue weighted by atomic mass is 10.2. The molecule has 1 aromatic heterocycles. The Morgan fingerprint density at radius 1 is 1.56 bits per heavy atom. The summed E-state index contributed by atoms with van der Waals surface area (Å²) in [5, 5.41) is 11.2. The number of carbonyl (C=O) groups is 1. The predicted molar refractivity (Wildman–Crippen MR) is 61.7 cm³/mol. The van der Waals surface area contributed by atoms with Gasteiger partial charge in [0.2, 0.25) is 5.91 Å². The molecule has 0 saturated heterocycles. The van der Waals surface area contributed by atoms with Crippen LogP contribution in [0.5, 0.6) is 0 Å². The number of aliphatic hydroxyl groups excluding tert-OH is 1. The van der Waals surface area contributed by atoms with E-state index in [-0.39, 0.29) is 18.4 Å². The van der Waals surface area contributed by atoms with Gasteiger partial charge in [0.15, 0.2) is 0 Å². The van der Waals surface area contributed by atoms with E-state index in [0.717, 1.165) is 0 Å². The third-order valence-electron chi connectivity index (χ3n) is 1.82. The molecule has 0 aliphatic carbocycles. The van der Waals surface area contributed by atoms with Crippen LogP contribution in [0.2, 0.25) is 0 Å². The second kappa shape index (κ2) is 5.89. The highest BCUT2D eigenvalue weighted by Crippen LogP contribution is 2.06. The van der Waals surface area contributed by atoms with Crippen LogP contribution in [0.25, 0.3) is 0 Å². The number of pyridine rings is 1. The van der Waals surface area contributed by atoms with Crippen molar-refractivity contribution in [1.29, 1.82) is 0 Å². The van der Waals surface area contributed by atoms with Gasteiger partial charge in [0.1, 0.15) is 18.1 Å². The molecule has 0 bridgehead atoms. The van der Waals surface area contributed by atoms with Gasteiger partial charge < -0.3 is 10.4 Å². The Bertz CT molecular complexity index is 430. The maximum absolute atomic E-state index is 11.4. The zero-order valence-electron chi connectivity index (χ0n) is 9.32. The highest BCUT2D eigenvalue weighted by Gasteiger charge is 2.07. The van der Waals surface area contributed by atoms with E-state index in [1.807, 2.05) is 13.8 Å². The molecule has 84 valence electrons. The van der Waals surface area contributed by atoms with E-state index in [4.69, 9.17) is 5.11 Å². The number of hydrogen-bond donors (Lipinski definition) is 2. The summed E-state index contributed by atoms with van der Waals surface area (Å²) >= 11 is 0. The molecule has 0 unspecified atom stereocenters. The van der Waals surface area contributed by atoms with E-state index < -0.39 is 0 Å². The fourth-order valence-corrected chi connectivity index (χ4v) is 0.975. The first-order valence-electron chi connectivity index (χ1n) is 5.01. The number of nitrogens with one attached hydrogen (secondary N) is 1. The summed E-state index contributed by atoms with van der Waals surface area (Å²) in [5.74, 6) is 5.48. The normalized spacial score (nSPS) is 9.50. The molecule has 1 amide bonds. The maximum atomic E-state index is 11.4. The van der Waals surface area contributed by atoms with E-state index in [1.165, 1.54) is 0 Å². The summed E-state index contributed by atoms with van der Waals surface area (Å²) in [5.41, 5.74) is 0.524. The van der Waals surface area contributed by atoms with Crippen LogP contribution in [0.1, 0.15) is 19.5 Å². The smallest absolute Gasteiger partial charge is 0.228 e. The molecule has 0 aliphatic rings. The van der Waals surface area contributed by atoms with Crippen LogP contribution in [0.15, 0.2) is 18.2 Å². The SMILES string of the molecule is CC(C)C(=O)Nc1cccc(C#CCO)n1. The third kappa shape index (κ3) is 3.71. The van der Waals surface area contributed by atoms with Crippen LogP contribution in [-0.2, 0) is 4.79 Å². The molecule has 2 N–H and O–H groups in total. The quantitative estimate of drug-likeness (QED) is 0.728. The first-order chi connectivity index (χ1) is 7.63. The van der Waals surface area contributed by atoms with Gasteiger partial charge in [-0.2, -0.15) is 0 Å². The van der Waals surface area contributed by atoms with Crippen LogP contribution >= 0.6 is 0 Å². The van der Waals surface area contributed by atoms with Crippen LogP contribution < -0.4 is 5.32 Å². The average Bonchev–Trinajstić information content (AvgIpc) is 2.26. The predicted octanol–water partition coefficient (Wildman–Crippen LogP) is 1.02. The van der Waals surface area contributed by atoms with Crippen LogP contribution in [0.3, 0.4) is 0 Å². The minimum atomic E-state index is -0.204. The van der Waals surface area contributed by atoms with Crippen molar-refractivity contribution in [3.8, 4) is 11.8 Å². The van der Waals surface area contributed by atoms with Gasteiger partial charge >= 0.3 is 0 Å². The molecule has 1 rings (SSSR count). The summed E-state index contributed by atoms with van der Waals surface area (Å²) in [4.78, 5) is 15.5. The second-order valence-corrected chi connectivity index (χ2v) is 3.51. The van der Waals surface area contributed by atoms with Crippen molar-refractivity contribution in [2.75, 3.05) is 11.9 Å². The second-order valence-electron chi connectivity index (χ2n) is 3.51. The van der Waals surface area contributed by atoms with Crippen molar-refractivity contribution in [2.24, 2.45) is 5.92 Å². The first-order valence-corrected chi connectivity index (χ1v) is 5.01. The number of aromatic nitrogens is 1. The highest BCUT2D eigenvalue weighted by molar-refractivity contribution is 5.91. The first kappa shape index (κ1) is 12.2. The molecule has 0 spiro atoms. The monoisotopic (exact) mass is 218 g/mol. The molecular weight excluding hydrogens is 204 g/mol. The maximum Gasteiger partial charge on any atom is 0.228 e. The van der Waals surface area contributed by atoms with Crippen molar-refractivity contribution in [3.05, 3.63) is 23.9 Å². The molecule has 0 aromatic carbocycles. The molecule has 4 nitrogen and oxygen atoms in total. The van der Waals surface area contributed by atoms with E-state index >= 15 is 0 Å². The molecule has 0 radical (unpaired) electrons. The van der Waals surface area contributed by atoms with E-state index in [9.17, 15) is 4.79 Å². The van der Waals surface area contributed by atoms with E-state index in [1.54, 1.807) is 18.2 Å². The van der Waals surface area contributed by atoms with Gasteiger partial charge in [-0.1, -0.05) is 25.8 Å². The summed E-state index contributed by atoms with van der Waals surface area (Å²) in [6.45, 7) is 3.42. The highest BCUT2D eigenvalue weighted by atomic mass is 16.2. The zero-order valence-corrected chi connectivity index (χ0v) is 9.32. The Morgan fingerprint density at radius 3 is 2.94 bits per heavy atom. The van der Waals surface area contributed by atoms with Crippen molar-refractivity contribution >= 4 is 11.7 Å². The Balaban J connectivity index is 2.78. The summed E-state index contributed by atoms with van der Waals surface area (Å²) in [6, 6.07) is 5.17. The van der Waals surface area contributed by atoms with Crippen LogP contribution in [0.4, 0.5) is 5.82 Å². The number of rotatable bonds is 2. The van der Waals surface area contributed by atoms with Gasteiger partial charge in [-0.25, -0.2) is 4.98 Å². The van der Waals surface area contributed by atoms with Gasteiger partial charge in [-0.15, -0.1) is 0 Å². The molecule has 0 aliphatic heterocycles. The number of carbonyl (C=O) groups excluding carboxylic acids is 1. The Labute approximate surface area is 94.7 Å². The molecule has 0 atom stereocenters. The lowest BCUT2D eigenvalue weighted by molar-refractivity contribution is -0.118. The van der Waals surface area contributed by atoms with E-state index in [2.05, 4.69) is 22.1 Å². The molecule has 16 heavy (non-hydrogen) atoms. The molecule has 0 fully saturated rings. The topological polar surface area (TPSA) is 62.2 Å². The zero-order chi connectivity index (χ0) is 12.0. The standard InChI is InChI=1S/C12H14N2O2/c1-9(2)12(16)14-11-7-3-5-10(13-11)6-4-8-15/h3,5,7,9,15H,8H2,1-2H3,(H,13,14,16). The minimum Gasteiger partial charge on any atom is -0.384 e. The lowest BCUT2D eigenvalue weighted by Crippen LogP contribution is -2.18. The number of anilines is 1. The molecule has 1 aromatic rings. The molecule has 0 saturated carbocycles. The van der Waals surface area contributed by atoms with Gasteiger partial charge in [0.25, 0.3) is 0 Å². The lowest BCUT2D eigenvalue weighted by Gasteiger charge is -2.06. The molecule has 1 heterocycles. The molecule has 4 heteroatoms. The van der Waals surface area contributed by atoms with Gasteiger partial charge in [-0.3, -0.25) is 4.79 Å². The Morgan fingerprint density at radius 2 is 2.31 bits per heavy atom. The van der Waals surface area contributed by atoms with Gasteiger partial charge in [0.05, 0.1) is 0 Å².